The third-order valence-corrected chi connectivity index (χ3v) is 9.09. The van der Waals surface area contributed by atoms with Gasteiger partial charge >= 0.3 is 0 Å². The molecule has 0 fully saturated rings. The van der Waals surface area contributed by atoms with Gasteiger partial charge in [-0.3, -0.25) is 9.55 Å². The average Bonchev–Trinajstić information content (AvgIpc) is 3.54. The fraction of sp³-hybridized carbons (Fsp3) is 0. The second-order valence-electron chi connectivity index (χ2n) is 11.8. The average molecular weight is 600 g/mol. The molecule has 7 aromatic carbocycles. The lowest BCUT2D eigenvalue weighted by molar-refractivity contribution is 1.10. The summed E-state index contributed by atoms with van der Waals surface area (Å²) in [7, 11) is 0. The Morgan fingerprint density at radius 3 is 1.66 bits per heavy atom. The normalized spacial score (nSPS) is 11.4. The van der Waals surface area contributed by atoms with Crippen LogP contribution in [0.2, 0.25) is 0 Å². The highest BCUT2D eigenvalue weighted by Gasteiger charge is 2.19. The zero-order valence-corrected chi connectivity index (χ0v) is 25.6. The zero-order valence-electron chi connectivity index (χ0n) is 25.6. The highest BCUT2D eigenvalue weighted by Crippen LogP contribution is 2.44. The molecule has 2 aromatic heterocycles. The van der Waals surface area contributed by atoms with E-state index in [-0.39, 0.29) is 0 Å². The van der Waals surface area contributed by atoms with Gasteiger partial charge in [0, 0.05) is 23.6 Å². The molecule has 0 bridgehead atoms. The van der Waals surface area contributed by atoms with Gasteiger partial charge in [-0.2, -0.15) is 0 Å². The van der Waals surface area contributed by atoms with Gasteiger partial charge in [0.25, 0.3) is 0 Å². The number of pyridine rings is 1. The van der Waals surface area contributed by atoms with Crippen LogP contribution < -0.4 is 0 Å². The Balaban J connectivity index is 1.26. The third-order valence-electron chi connectivity index (χ3n) is 9.09. The van der Waals surface area contributed by atoms with E-state index in [0.717, 1.165) is 39.2 Å². The Morgan fingerprint density at radius 2 is 0.979 bits per heavy atom. The second-order valence-corrected chi connectivity index (χ2v) is 11.8. The van der Waals surface area contributed by atoms with Crippen molar-refractivity contribution in [3.05, 3.63) is 176 Å². The molecule has 2 heterocycles. The van der Waals surface area contributed by atoms with E-state index in [1.54, 1.807) is 0 Å². The van der Waals surface area contributed by atoms with Crippen LogP contribution in [-0.4, -0.2) is 14.5 Å². The van der Waals surface area contributed by atoms with Crippen molar-refractivity contribution in [2.24, 2.45) is 0 Å². The lowest BCUT2D eigenvalue weighted by atomic mass is 9.85. The highest BCUT2D eigenvalue weighted by molar-refractivity contribution is 6.21. The van der Waals surface area contributed by atoms with Gasteiger partial charge in [-0.15, -0.1) is 0 Å². The summed E-state index contributed by atoms with van der Waals surface area (Å²) in [6, 6.07) is 58.4. The van der Waals surface area contributed by atoms with E-state index in [1.807, 2.05) is 24.5 Å². The largest absolute Gasteiger partial charge is 0.292 e. The lowest BCUT2D eigenvalue weighted by Gasteiger charge is -2.19. The van der Waals surface area contributed by atoms with Crippen molar-refractivity contribution in [2.75, 3.05) is 0 Å². The number of para-hydroxylation sites is 2. The van der Waals surface area contributed by atoms with Crippen LogP contribution in [0.4, 0.5) is 0 Å². The molecule has 0 N–H and O–H groups in total. The molecular weight excluding hydrogens is 571 g/mol. The van der Waals surface area contributed by atoms with Crippen LogP contribution in [0.25, 0.3) is 83.0 Å². The fourth-order valence-corrected chi connectivity index (χ4v) is 6.98. The number of aromatic nitrogens is 3. The number of nitrogens with zero attached hydrogens (tertiary/aromatic N) is 3. The number of hydrogen-bond acceptors (Lipinski definition) is 2. The summed E-state index contributed by atoms with van der Waals surface area (Å²) in [5.74, 6) is 0.934. The molecule has 0 spiro atoms. The van der Waals surface area contributed by atoms with Crippen LogP contribution in [0.15, 0.2) is 176 Å². The third kappa shape index (κ3) is 4.60. The van der Waals surface area contributed by atoms with E-state index < -0.39 is 0 Å². The van der Waals surface area contributed by atoms with Crippen molar-refractivity contribution < 1.29 is 0 Å². The van der Waals surface area contributed by atoms with E-state index in [2.05, 4.69) is 161 Å². The van der Waals surface area contributed by atoms with Gasteiger partial charge in [-0.25, -0.2) is 4.98 Å². The first-order valence-electron chi connectivity index (χ1n) is 15.9. The molecular formula is C44H29N3. The first kappa shape index (κ1) is 27.0. The molecule has 3 nitrogen and oxygen atoms in total. The Kier molecular flexibility index (Phi) is 6.46. The van der Waals surface area contributed by atoms with Crippen molar-refractivity contribution in [3.63, 3.8) is 0 Å². The van der Waals surface area contributed by atoms with E-state index in [4.69, 9.17) is 4.98 Å². The molecule has 0 unspecified atom stereocenters. The van der Waals surface area contributed by atoms with Crippen molar-refractivity contribution in [2.45, 2.75) is 0 Å². The van der Waals surface area contributed by atoms with Crippen LogP contribution >= 0.6 is 0 Å². The summed E-state index contributed by atoms with van der Waals surface area (Å²) in [5.41, 5.74) is 11.4. The van der Waals surface area contributed by atoms with E-state index >= 15 is 0 Å². The van der Waals surface area contributed by atoms with E-state index in [9.17, 15) is 0 Å². The van der Waals surface area contributed by atoms with Crippen LogP contribution in [-0.2, 0) is 0 Å². The molecule has 0 saturated heterocycles. The quantitative estimate of drug-likeness (QED) is 0.184. The van der Waals surface area contributed by atoms with E-state index in [1.165, 1.54) is 43.8 Å². The molecule has 9 rings (SSSR count). The molecule has 0 radical (unpaired) electrons. The SMILES string of the molecule is c1ccc(-c2nc3ccccc3n2-c2cccc(-c3c4ccccc4c(-c4ccc(-c5cccnc5)cc4)c4ccccc34)c2)cc1. The van der Waals surface area contributed by atoms with Gasteiger partial charge in [-0.05, 0) is 85.3 Å². The maximum Gasteiger partial charge on any atom is 0.145 e. The minimum atomic E-state index is 0.934. The predicted molar refractivity (Wildman–Crippen MR) is 196 cm³/mol. The molecule has 0 atom stereocenters. The lowest BCUT2D eigenvalue weighted by Crippen LogP contribution is -1.98. The van der Waals surface area contributed by atoms with E-state index in [0.29, 0.717) is 0 Å². The smallest absolute Gasteiger partial charge is 0.145 e. The Bertz CT molecular complexity index is 2490. The van der Waals surface area contributed by atoms with Gasteiger partial charge in [0.2, 0.25) is 0 Å². The minimum Gasteiger partial charge on any atom is -0.292 e. The molecule has 9 aromatic rings. The van der Waals surface area contributed by atoms with Gasteiger partial charge in [-0.1, -0.05) is 133 Å². The molecule has 47 heavy (non-hydrogen) atoms. The standard InChI is InChI=1S/C44H29N3/c1-2-12-32(13-3-1)44-46-40-21-8-9-22-41(40)47(44)35-16-10-14-33(28-35)43-38-19-6-4-17-36(38)42(37-18-5-7-20-39(37)43)31-25-23-30(24-26-31)34-15-11-27-45-29-34/h1-29H. The van der Waals surface area contributed by atoms with Crippen molar-refractivity contribution in [1.29, 1.82) is 0 Å². The van der Waals surface area contributed by atoms with Gasteiger partial charge in [0.05, 0.1) is 11.0 Å². The summed E-state index contributed by atoms with van der Waals surface area (Å²) < 4.78 is 2.29. The van der Waals surface area contributed by atoms with Crippen molar-refractivity contribution >= 4 is 32.6 Å². The van der Waals surface area contributed by atoms with Crippen LogP contribution in [0.3, 0.4) is 0 Å². The summed E-state index contributed by atoms with van der Waals surface area (Å²) in [6.45, 7) is 0. The number of hydrogen-bond donors (Lipinski definition) is 0. The van der Waals surface area contributed by atoms with Gasteiger partial charge in [0.1, 0.15) is 5.82 Å². The van der Waals surface area contributed by atoms with Crippen LogP contribution in [0, 0.1) is 0 Å². The molecule has 220 valence electrons. The van der Waals surface area contributed by atoms with Gasteiger partial charge < -0.3 is 0 Å². The Labute approximate surface area is 273 Å². The molecule has 0 aliphatic heterocycles. The fourth-order valence-electron chi connectivity index (χ4n) is 6.98. The number of fused-ring (bicyclic) bond motifs is 3. The molecule has 3 heteroatoms. The van der Waals surface area contributed by atoms with Crippen molar-refractivity contribution in [3.8, 4) is 50.5 Å². The van der Waals surface area contributed by atoms with Crippen LogP contribution in [0.1, 0.15) is 0 Å². The molecule has 0 amide bonds. The number of benzene rings is 7. The highest BCUT2D eigenvalue weighted by atomic mass is 15.1. The Hall–Kier alpha value is -6.32. The predicted octanol–water partition coefficient (Wildman–Crippen LogP) is 11.4. The van der Waals surface area contributed by atoms with Gasteiger partial charge in [0.15, 0.2) is 0 Å². The monoisotopic (exact) mass is 599 g/mol. The first-order valence-corrected chi connectivity index (χ1v) is 15.9. The topological polar surface area (TPSA) is 30.7 Å². The zero-order chi connectivity index (χ0) is 31.2. The summed E-state index contributed by atoms with van der Waals surface area (Å²) >= 11 is 0. The van der Waals surface area contributed by atoms with Crippen LogP contribution in [0.5, 0.6) is 0 Å². The van der Waals surface area contributed by atoms with Crippen molar-refractivity contribution in [1.82, 2.24) is 14.5 Å². The minimum absolute atomic E-state index is 0.934. The molecule has 0 saturated carbocycles. The summed E-state index contributed by atoms with van der Waals surface area (Å²) in [6.07, 6.45) is 3.73. The first-order chi connectivity index (χ1) is 23.3. The Morgan fingerprint density at radius 1 is 0.404 bits per heavy atom. The maximum atomic E-state index is 5.09. The summed E-state index contributed by atoms with van der Waals surface area (Å²) in [5, 5.41) is 4.93. The molecule has 0 aliphatic rings. The number of rotatable bonds is 5. The summed E-state index contributed by atoms with van der Waals surface area (Å²) in [4.78, 5) is 9.41. The second kappa shape index (κ2) is 11.2. The molecule has 0 aliphatic carbocycles. The maximum absolute atomic E-state index is 5.09. The number of imidazole rings is 1.